The molecule has 0 saturated carbocycles. The van der Waals surface area contributed by atoms with E-state index in [0.717, 1.165) is 34.5 Å². The molecule has 136 valence electrons. The predicted octanol–water partition coefficient (Wildman–Crippen LogP) is 5.07. The standard InChI is InChI=1S/C21H18FN3OS/c1-13-12-25-20(19(24-21(25)27-13)16-4-2-3-11-23-16)18-10-9-17(26-18)14-5-7-15(22)8-6-14/h2-11,13,19-20H,12H2,1H3/t13-,19+,20-/m1/s1. The zero-order valence-electron chi connectivity index (χ0n) is 14.7. The van der Waals surface area contributed by atoms with E-state index in [9.17, 15) is 4.39 Å². The average molecular weight is 379 g/mol. The monoisotopic (exact) mass is 379 g/mol. The van der Waals surface area contributed by atoms with Gasteiger partial charge in [0.1, 0.15) is 29.4 Å². The normalized spacial score (nSPS) is 24.1. The lowest BCUT2D eigenvalue weighted by Gasteiger charge is -2.25. The lowest BCUT2D eigenvalue weighted by molar-refractivity contribution is 0.277. The third-order valence-corrected chi connectivity index (χ3v) is 6.03. The first-order chi connectivity index (χ1) is 13.2. The van der Waals surface area contributed by atoms with Gasteiger partial charge in [-0.1, -0.05) is 24.8 Å². The molecular formula is C21H18FN3OS. The number of amidine groups is 1. The van der Waals surface area contributed by atoms with Gasteiger partial charge in [-0.15, -0.1) is 0 Å². The molecule has 3 atom stereocenters. The zero-order chi connectivity index (χ0) is 18.4. The summed E-state index contributed by atoms with van der Waals surface area (Å²) in [6.07, 6.45) is 1.80. The SMILES string of the molecule is C[C@@H]1CN2C(=N[C@@H](c3ccccn3)[C@H]2c2ccc(-c3ccc(F)cc3)o2)S1. The van der Waals surface area contributed by atoms with Crippen LogP contribution in [0.5, 0.6) is 0 Å². The van der Waals surface area contributed by atoms with Crippen LogP contribution in [0.3, 0.4) is 0 Å². The molecule has 4 heterocycles. The summed E-state index contributed by atoms with van der Waals surface area (Å²) in [5, 5.41) is 1.56. The Morgan fingerprint density at radius 2 is 1.96 bits per heavy atom. The highest BCUT2D eigenvalue weighted by atomic mass is 32.2. The Labute approximate surface area is 161 Å². The fraction of sp³-hybridized carbons (Fsp3) is 0.238. The molecule has 1 fully saturated rings. The largest absolute Gasteiger partial charge is 0.459 e. The molecule has 4 nitrogen and oxygen atoms in total. The summed E-state index contributed by atoms with van der Waals surface area (Å²) >= 11 is 1.80. The molecule has 5 rings (SSSR count). The highest BCUT2D eigenvalue weighted by molar-refractivity contribution is 8.14. The van der Waals surface area contributed by atoms with E-state index in [-0.39, 0.29) is 17.9 Å². The fourth-order valence-electron chi connectivity index (χ4n) is 3.71. The molecule has 2 aromatic heterocycles. The van der Waals surface area contributed by atoms with Crippen LogP contribution in [-0.4, -0.2) is 26.8 Å². The molecule has 0 bridgehead atoms. The molecule has 2 aliphatic heterocycles. The molecule has 1 aromatic carbocycles. The van der Waals surface area contributed by atoms with Crippen LogP contribution in [-0.2, 0) is 0 Å². The number of pyridine rings is 1. The van der Waals surface area contributed by atoms with Gasteiger partial charge in [-0.2, -0.15) is 0 Å². The fourth-order valence-corrected chi connectivity index (χ4v) is 4.80. The molecule has 1 saturated heterocycles. The third kappa shape index (κ3) is 2.94. The van der Waals surface area contributed by atoms with Gasteiger partial charge in [-0.25, -0.2) is 9.38 Å². The number of hydrogen-bond donors (Lipinski definition) is 0. The second-order valence-corrected chi connectivity index (χ2v) is 8.25. The molecule has 0 unspecified atom stereocenters. The molecule has 0 radical (unpaired) electrons. The second kappa shape index (κ2) is 6.53. The Balaban J connectivity index is 1.53. The van der Waals surface area contributed by atoms with Crippen molar-refractivity contribution >= 4 is 16.9 Å². The molecule has 0 aliphatic carbocycles. The van der Waals surface area contributed by atoms with Gasteiger partial charge in [0.15, 0.2) is 5.17 Å². The first-order valence-corrected chi connectivity index (χ1v) is 9.85. The van der Waals surface area contributed by atoms with E-state index in [1.165, 1.54) is 12.1 Å². The summed E-state index contributed by atoms with van der Waals surface area (Å²) in [5.41, 5.74) is 1.80. The van der Waals surface area contributed by atoms with Crippen molar-refractivity contribution in [2.45, 2.75) is 24.3 Å². The number of aromatic nitrogens is 1. The Morgan fingerprint density at radius 1 is 1.11 bits per heavy atom. The van der Waals surface area contributed by atoms with E-state index in [0.29, 0.717) is 5.25 Å². The highest BCUT2D eigenvalue weighted by Crippen LogP contribution is 2.48. The van der Waals surface area contributed by atoms with Crippen molar-refractivity contribution < 1.29 is 8.81 Å². The van der Waals surface area contributed by atoms with Crippen molar-refractivity contribution in [3.63, 3.8) is 0 Å². The molecule has 27 heavy (non-hydrogen) atoms. The van der Waals surface area contributed by atoms with Crippen LogP contribution in [0.4, 0.5) is 4.39 Å². The van der Waals surface area contributed by atoms with Crippen molar-refractivity contribution in [1.82, 2.24) is 9.88 Å². The number of furan rings is 1. The van der Waals surface area contributed by atoms with Crippen LogP contribution >= 0.6 is 11.8 Å². The van der Waals surface area contributed by atoms with Gasteiger partial charge in [0, 0.05) is 23.6 Å². The number of aliphatic imine (C=N–C) groups is 1. The highest BCUT2D eigenvalue weighted by Gasteiger charge is 2.45. The zero-order valence-corrected chi connectivity index (χ0v) is 15.6. The maximum Gasteiger partial charge on any atom is 0.161 e. The Morgan fingerprint density at radius 3 is 2.74 bits per heavy atom. The van der Waals surface area contributed by atoms with Crippen molar-refractivity contribution in [2.75, 3.05) is 6.54 Å². The minimum Gasteiger partial charge on any atom is -0.459 e. The summed E-state index contributed by atoms with van der Waals surface area (Å²) in [5.74, 6) is 1.34. The van der Waals surface area contributed by atoms with E-state index in [1.54, 1.807) is 30.1 Å². The number of hydrogen-bond acceptors (Lipinski definition) is 5. The average Bonchev–Trinajstić information content (AvgIpc) is 3.37. The van der Waals surface area contributed by atoms with Crippen molar-refractivity contribution in [1.29, 1.82) is 0 Å². The van der Waals surface area contributed by atoms with Gasteiger partial charge in [0.2, 0.25) is 0 Å². The van der Waals surface area contributed by atoms with Crippen LogP contribution in [0.15, 0.2) is 70.2 Å². The quantitative estimate of drug-likeness (QED) is 0.637. The van der Waals surface area contributed by atoms with Gasteiger partial charge in [-0.3, -0.25) is 4.98 Å². The van der Waals surface area contributed by atoms with Crippen molar-refractivity contribution in [3.8, 4) is 11.3 Å². The number of rotatable bonds is 3. The minimum atomic E-state index is -0.252. The van der Waals surface area contributed by atoms with Crippen LogP contribution in [0.25, 0.3) is 11.3 Å². The maximum absolute atomic E-state index is 13.2. The summed E-state index contributed by atoms with van der Waals surface area (Å²) in [4.78, 5) is 11.8. The molecule has 3 aromatic rings. The Kier molecular flexibility index (Phi) is 4.01. The van der Waals surface area contributed by atoms with E-state index in [4.69, 9.17) is 9.41 Å². The van der Waals surface area contributed by atoms with Gasteiger partial charge in [-0.05, 0) is 48.5 Å². The van der Waals surface area contributed by atoms with Gasteiger partial charge in [0.25, 0.3) is 0 Å². The van der Waals surface area contributed by atoms with Crippen molar-refractivity contribution in [3.05, 3.63) is 78.1 Å². The third-order valence-electron chi connectivity index (χ3n) is 4.93. The van der Waals surface area contributed by atoms with Crippen LogP contribution in [0, 0.1) is 5.82 Å². The molecule has 6 heteroatoms. The Bertz CT molecular complexity index is 986. The molecule has 0 N–H and O–H groups in total. The molecule has 0 spiro atoms. The lowest BCUT2D eigenvalue weighted by Crippen LogP contribution is -2.28. The topological polar surface area (TPSA) is 41.6 Å². The summed E-state index contributed by atoms with van der Waals surface area (Å²) in [6, 6.07) is 16.1. The van der Waals surface area contributed by atoms with Gasteiger partial charge >= 0.3 is 0 Å². The number of thioether (sulfide) groups is 1. The summed E-state index contributed by atoms with van der Waals surface area (Å²) in [7, 11) is 0. The van der Waals surface area contributed by atoms with Crippen LogP contribution in [0.1, 0.15) is 30.5 Å². The van der Waals surface area contributed by atoms with E-state index >= 15 is 0 Å². The predicted molar refractivity (Wildman–Crippen MR) is 105 cm³/mol. The van der Waals surface area contributed by atoms with E-state index < -0.39 is 0 Å². The number of benzene rings is 1. The van der Waals surface area contributed by atoms with E-state index in [2.05, 4.69) is 16.8 Å². The number of halogens is 1. The van der Waals surface area contributed by atoms with Crippen LogP contribution in [0.2, 0.25) is 0 Å². The molecule has 0 amide bonds. The number of nitrogens with zero attached hydrogens (tertiary/aromatic N) is 3. The first-order valence-electron chi connectivity index (χ1n) is 8.97. The van der Waals surface area contributed by atoms with Crippen LogP contribution < -0.4 is 0 Å². The Hall–Kier alpha value is -2.60. The summed E-state index contributed by atoms with van der Waals surface area (Å²) < 4.78 is 19.4. The van der Waals surface area contributed by atoms with E-state index in [1.807, 2.05) is 30.3 Å². The smallest absolute Gasteiger partial charge is 0.161 e. The second-order valence-electron chi connectivity index (χ2n) is 6.85. The molecule has 2 aliphatic rings. The van der Waals surface area contributed by atoms with Gasteiger partial charge < -0.3 is 9.32 Å². The van der Waals surface area contributed by atoms with Crippen molar-refractivity contribution in [2.24, 2.45) is 4.99 Å². The minimum absolute atomic E-state index is 0.0125. The molecular weight excluding hydrogens is 361 g/mol. The maximum atomic E-state index is 13.2. The summed E-state index contributed by atoms with van der Waals surface area (Å²) in [6.45, 7) is 3.15. The number of fused-ring (bicyclic) bond motifs is 1. The lowest BCUT2D eigenvalue weighted by atomic mass is 10.0. The van der Waals surface area contributed by atoms with Gasteiger partial charge in [0.05, 0.1) is 5.69 Å². The first kappa shape index (κ1) is 16.6.